The molecular weight excluding hydrogens is 642 g/mol. The minimum atomic E-state index is -0.859. The number of allylic oxidation sites excluding steroid dienone is 2. The summed E-state index contributed by atoms with van der Waals surface area (Å²) in [5.41, 5.74) is 25.7. The molecule has 1 saturated heterocycles. The van der Waals surface area contributed by atoms with Crippen molar-refractivity contribution in [2.75, 3.05) is 0 Å². The molecule has 2 aliphatic heterocycles. The Kier molecular flexibility index (Phi) is 8.46. The van der Waals surface area contributed by atoms with Crippen molar-refractivity contribution in [2.24, 2.45) is 0 Å². The first-order valence-corrected chi connectivity index (χ1v) is 19.3. The summed E-state index contributed by atoms with van der Waals surface area (Å²) in [6.45, 7) is 26.8. The molecule has 2 N–H and O–H groups in total. The fraction of sp³-hybridized carbons (Fsp3) is 0.292. The molecule has 0 radical (unpaired) electrons. The van der Waals surface area contributed by atoms with Gasteiger partial charge in [0.05, 0.1) is 5.54 Å². The maximum atomic E-state index is 12.9. The maximum Gasteiger partial charge on any atom is 0.431 e. The van der Waals surface area contributed by atoms with Gasteiger partial charge < -0.3 is 5.02 Å². The standard InChI is InChI=1S/C48H52B2N2O/c1-26-19-29(4)41(30(5)20-26)37-15-13-16-38(42-31(6)21-27(2)22-32(42)7)45(37)49-47-36(11)25-35(10)44-40-18-14-17-39(43-33(8)23-28(3)24-34(43)9)46(40)50(53)52(51-49)48(44,47)12/h13-25,47,51,53H,1-12H3/t47-,48+/m1/s1. The molecule has 1 aliphatic carbocycles. The molecule has 0 amide bonds. The summed E-state index contributed by atoms with van der Waals surface area (Å²) < 4.78 is 0. The van der Waals surface area contributed by atoms with E-state index >= 15 is 0 Å². The van der Waals surface area contributed by atoms with Gasteiger partial charge in [-0.25, -0.2) is 0 Å². The summed E-state index contributed by atoms with van der Waals surface area (Å²) >= 11 is 0. The Morgan fingerprint density at radius 3 is 1.36 bits per heavy atom. The first-order valence-electron chi connectivity index (χ1n) is 19.3. The van der Waals surface area contributed by atoms with Crippen molar-refractivity contribution >= 4 is 30.4 Å². The Morgan fingerprint density at radius 1 is 0.566 bits per heavy atom. The Morgan fingerprint density at radius 2 is 0.943 bits per heavy atom. The van der Waals surface area contributed by atoms with Crippen LogP contribution in [0.1, 0.15) is 76.4 Å². The second-order valence-corrected chi connectivity index (χ2v) is 16.8. The van der Waals surface area contributed by atoms with E-state index in [2.05, 4.69) is 172 Å². The average Bonchev–Trinajstić information content (AvgIpc) is 3.37. The summed E-state index contributed by atoms with van der Waals surface area (Å²) in [7, 11) is -0.859. The van der Waals surface area contributed by atoms with Crippen LogP contribution < -0.4 is 16.3 Å². The molecule has 3 aliphatic rings. The number of fused-ring (bicyclic) bond motifs is 2. The third-order valence-electron chi connectivity index (χ3n) is 12.7. The molecule has 53 heavy (non-hydrogen) atoms. The van der Waals surface area contributed by atoms with Gasteiger partial charge in [-0.15, -0.1) is 0 Å². The highest BCUT2D eigenvalue weighted by molar-refractivity contribution is 6.79. The zero-order valence-corrected chi connectivity index (χ0v) is 33.6. The van der Waals surface area contributed by atoms with Gasteiger partial charge in [0.25, 0.3) is 6.85 Å². The van der Waals surface area contributed by atoms with E-state index in [1.165, 1.54) is 100 Å². The molecule has 0 saturated carbocycles. The van der Waals surface area contributed by atoms with Gasteiger partial charge in [0, 0.05) is 5.82 Å². The Hall–Kier alpha value is -4.41. The van der Waals surface area contributed by atoms with E-state index in [4.69, 9.17) is 0 Å². The normalized spacial score (nSPS) is 19.5. The molecule has 0 spiro atoms. The molecule has 5 aromatic rings. The fourth-order valence-electron chi connectivity index (χ4n) is 11.3. The smallest absolute Gasteiger partial charge is 0.431 e. The zero-order chi connectivity index (χ0) is 37.8. The van der Waals surface area contributed by atoms with Crippen molar-refractivity contribution in [3.8, 4) is 33.4 Å². The number of aryl methyl sites for hydroxylation is 9. The third-order valence-corrected chi connectivity index (χ3v) is 12.7. The van der Waals surface area contributed by atoms with Gasteiger partial charge >= 0.3 is 7.05 Å². The number of nitrogens with zero attached hydrogens (tertiary/aromatic N) is 1. The largest absolute Gasteiger partial charge is 0.433 e. The molecule has 0 bridgehead atoms. The van der Waals surface area contributed by atoms with Crippen LogP contribution in [0.4, 0.5) is 0 Å². The highest BCUT2D eigenvalue weighted by Crippen LogP contribution is 2.56. The Balaban J connectivity index is 1.42. The SMILES string of the molecule is CC1=CC(C)=C2c3cccc(-c4c(C)cc(C)cc4C)c3B(O)N3NB(c4c(-c5c(C)cc(C)cc5C)cccc4-c4c(C)cc(C)cc4C)[C@H]1[C@]23C. The van der Waals surface area contributed by atoms with Crippen LogP contribution in [0.3, 0.4) is 0 Å². The second-order valence-electron chi connectivity index (χ2n) is 16.8. The summed E-state index contributed by atoms with van der Waals surface area (Å²) in [5.74, 6) is 0.0625. The summed E-state index contributed by atoms with van der Waals surface area (Å²) in [4.78, 5) is 2.23. The molecule has 0 aromatic heterocycles. The van der Waals surface area contributed by atoms with Crippen molar-refractivity contribution in [1.82, 2.24) is 10.3 Å². The predicted octanol–water partition coefficient (Wildman–Crippen LogP) is 9.75. The number of benzene rings is 5. The number of nitrogens with one attached hydrogen (secondary N) is 1. The Bertz CT molecular complexity index is 2310. The summed E-state index contributed by atoms with van der Waals surface area (Å²) in [5, 5.41) is 17.0. The molecule has 1 fully saturated rings. The van der Waals surface area contributed by atoms with E-state index in [0.29, 0.717) is 0 Å². The number of rotatable bonds is 4. The lowest BCUT2D eigenvalue weighted by Crippen LogP contribution is -2.66. The van der Waals surface area contributed by atoms with Crippen LogP contribution in [0.15, 0.2) is 90.0 Å². The van der Waals surface area contributed by atoms with Crippen LogP contribution >= 0.6 is 0 Å². The maximum absolute atomic E-state index is 12.9. The molecule has 0 unspecified atom stereocenters. The van der Waals surface area contributed by atoms with E-state index < -0.39 is 12.6 Å². The summed E-state index contributed by atoms with van der Waals surface area (Å²) in [6.07, 6.45) is 2.42. The highest BCUT2D eigenvalue weighted by atomic mass is 16.2. The van der Waals surface area contributed by atoms with Crippen LogP contribution in [-0.2, 0) is 0 Å². The van der Waals surface area contributed by atoms with Crippen LogP contribution in [0.5, 0.6) is 0 Å². The molecule has 8 rings (SSSR count). The number of hydrogen-bond acceptors (Lipinski definition) is 3. The lowest BCUT2D eigenvalue weighted by molar-refractivity contribution is 0.240. The number of hydrogen-bond donors (Lipinski definition) is 2. The molecule has 266 valence electrons. The van der Waals surface area contributed by atoms with Crippen molar-refractivity contribution in [2.45, 2.75) is 94.4 Å². The molecular formula is C48H52B2N2O. The average molecular weight is 695 g/mol. The molecule has 5 heteroatoms. The van der Waals surface area contributed by atoms with Crippen LogP contribution in [0.2, 0.25) is 5.82 Å². The van der Waals surface area contributed by atoms with Crippen molar-refractivity contribution in [3.63, 3.8) is 0 Å². The van der Waals surface area contributed by atoms with Crippen LogP contribution in [-0.4, -0.2) is 29.4 Å². The Labute approximate surface area is 318 Å². The van der Waals surface area contributed by atoms with Gasteiger partial charge in [-0.05, 0) is 177 Å². The van der Waals surface area contributed by atoms with Gasteiger partial charge in [-0.3, -0.25) is 10.3 Å². The second kappa shape index (κ2) is 12.6. The van der Waals surface area contributed by atoms with E-state index in [1.54, 1.807) is 0 Å². The summed E-state index contributed by atoms with van der Waals surface area (Å²) in [6, 6.07) is 27.4. The van der Waals surface area contributed by atoms with E-state index in [9.17, 15) is 5.02 Å². The van der Waals surface area contributed by atoms with Gasteiger partial charge in [0.2, 0.25) is 0 Å². The molecule has 5 aromatic carbocycles. The fourth-order valence-corrected chi connectivity index (χ4v) is 11.3. The molecule has 3 nitrogen and oxygen atoms in total. The van der Waals surface area contributed by atoms with Gasteiger partial charge in [-0.2, -0.15) is 0 Å². The van der Waals surface area contributed by atoms with E-state index in [-0.39, 0.29) is 12.7 Å². The van der Waals surface area contributed by atoms with Gasteiger partial charge in [0.15, 0.2) is 0 Å². The minimum absolute atomic E-state index is 0.0625. The van der Waals surface area contributed by atoms with E-state index in [0.717, 1.165) is 16.6 Å². The lowest BCUT2D eigenvalue weighted by Gasteiger charge is -2.50. The molecule has 2 atom stereocenters. The van der Waals surface area contributed by atoms with Crippen LogP contribution in [0.25, 0.3) is 39.0 Å². The lowest BCUT2D eigenvalue weighted by atomic mass is 9.38. The first kappa shape index (κ1) is 35.6. The van der Waals surface area contributed by atoms with Crippen LogP contribution in [0, 0.1) is 62.3 Å². The van der Waals surface area contributed by atoms with Gasteiger partial charge in [-0.1, -0.05) is 101 Å². The van der Waals surface area contributed by atoms with Gasteiger partial charge in [0.1, 0.15) is 0 Å². The minimum Gasteiger partial charge on any atom is -0.433 e. The van der Waals surface area contributed by atoms with Crippen molar-refractivity contribution in [1.29, 1.82) is 0 Å². The monoisotopic (exact) mass is 694 g/mol. The first-order chi connectivity index (χ1) is 25.1. The topological polar surface area (TPSA) is 35.5 Å². The predicted molar refractivity (Wildman–Crippen MR) is 228 cm³/mol. The van der Waals surface area contributed by atoms with Crippen molar-refractivity contribution in [3.05, 3.63) is 146 Å². The van der Waals surface area contributed by atoms with Crippen molar-refractivity contribution < 1.29 is 5.02 Å². The number of hydrazine groups is 1. The molecule has 2 heterocycles. The highest BCUT2D eigenvalue weighted by Gasteiger charge is 2.63. The van der Waals surface area contributed by atoms with E-state index in [1.807, 2.05) is 0 Å². The zero-order valence-electron chi connectivity index (χ0n) is 33.6. The third kappa shape index (κ3) is 5.22. The quantitative estimate of drug-likeness (QED) is 0.184.